The summed E-state index contributed by atoms with van der Waals surface area (Å²) < 4.78 is 1.51. The Kier molecular flexibility index (Phi) is 4.07. The van der Waals surface area contributed by atoms with Crippen LogP contribution in [0.25, 0.3) is 49.3 Å². The molecule has 180 valence electrons. The molecule has 38 heavy (non-hydrogen) atoms. The first-order valence-electron chi connectivity index (χ1n) is 11.6. The number of anilines is 1. The normalized spacial score (nSPS) is 13.7. The minimum Gasteiger partial charge on any atom is -0.268 e. The highest BCUT2D eigenvalue weighted by atomic mass is 35.5. The van der Waals surface area contributed by atoms with Crippen LogP contribution in [-0.2, 0) is 0 Å². The number of imide groups is 1. The fraction of sp³-hybridized carbons (Fsp3) is 0. The number of hydrogen-bond acceptors (Lipinski definition) is 6. The number of benzene rings is 4. The molecule has 2 amide bonds. The first kappa shape index (κ1) is 21.4. The number of pyridine rings is 1. The Balaban J connectivity index is 1.49. The van der Waals surface area contributed by atoms with Gasteiger partial charge in [0, 0.05) is 32.7 Å². The zero-order valence-electron chi connectivity index (χ0n) is 19.1. The zero-order chi connectivity index (χ0) is 25.9. The second-order valence-corrected chi connectivity index (χ2v) is 9.78. The standard InChI is InChI=1S/C28H11Cl2N5O3/c29-23-24(30)32-18-11-20-19(10-17(18)31-23)33-25-13-6-7-15-22-16(9-8-14(21(13)22)28(38)35(20)25)27(37)34(26(15)36)12-4-2-1-3-5-12/h1-11H. The maximum atomic E-state index is 13.9. The van der Waals surface area contributed by atoms with E-state index in [4.69, 9.17) is 28.2 Å². The molecular weight excluding hydrogens is 525 g/mol. The lowest BCUT2D eigenvalue weighted by Crippen LogP contribution is -2.40. The van der Waals surface area contributed by atoms with E-state index in [-0.39, 0.29) is 15.9 Å². The van der Waals surface area contributed by atoms with Crippen LogP contribution < -0.4 is 10.5 Å². The summed E-state index contributed by atoms with van der Waals surface area (Å²) in [6.45, 7) is 0. The Morgan fingerprint density at radius 2 is 1.26 bits per heavy atom. The van der Waals surface area contributed by atoms with E-state index in [1.54, 1.807) is 60.7 Å². The van der Waals surface area contributed by atoms with E-state index in [1.165, 1.54) is 9.30 Å². The van der Waals surface area contributed by atoms with Crippen molar-refractivity contribution in [3.8, 4) is 0 Å². The van der Waals surface area contributed by atoms with Gasteiger partial charge in [0.15, 0.2) is 10.3 Å². The highest BCUT2D eigenvalue weighted by molar-refractivity contribution is 6.41. The van der Waals surface area contributed by atoms with Gasteiger partial charge < -0.3 is 0 Å². The molecule has 3 aromatic heterocycles. The number of para-hydroxylation sites is 1. The molecule has 0 N–H and O–H groups in total. The van der Waals surface area contributed by atoms with E-state index in [1.807, 2.05) is 6.07 Å². The van der Waals surface area contributed by atoms with Gasteiger partial charge in [0.2, 0.25) is 0 Å². The van der Waals surface area contributed by atoms with Crippen molar-refractivity contribution in [2.75, 3.05) is 4.90 Å². The van der Waals surface area contributed by atoms with Crippen molar-refractivity contribution < 1.29 is 9.59 Å². The fourth-order valence-electron chi connectivity index (χ4n) is 5.45. The van der Waals surface area contributed by atoms with Crippen LogP contribution in [0.15, 0.2) is 71.5 Å². The number of rotatable bonds is 1. The van der Waals surface area contributed by atoms with Gasteiger partial charge in [-0.3, -0.25) is 18.8 Å². The number of imidazole rings is 1. The van der Waals surface area contributed by atoms with E-state index in [9.17, 15) is 14.4 Å². The summed E-state index contributed by atoms with van der Waals surface area (Å²) in [5.41, 5.74) is 3.27. The van der Waals surface area contributed by atoms with Crippen LogP contribution in [0, 0.1) is 0 Å². The first-order chi connectivity index (χ1) is 18.4. The number of amides is 2. The average molecular weight is 536 g/mol. The summed E-state index contributed by atoms with van der Waals surface area (Å²) in [7, 11) is 0. The van der Waals surface area contributed by atoms with Crippen molar-refractivity contribution in [1.29, 1.82) is 0 Å². The molecule has 0 unspecified atom stereocenters. The van der Waals surface area contributed by atoms with E-state index in [0.717, 1.165) is 0 Å². The Bertz CT molecular complexity index is 2260. The second-order valence-electron chi connectivity index (χ2n) is 9.06. The Labute approximate surface area is 222 Å². The zero-order valence-corrected chi connectivity index (χ0v) is 20.6. The predicted octanol–water partition coefficient (Wildman–Crippen LogP) is 5.64. The molecule has 0 saturated carbocycles. The monoisotopic (exact) mass is 535 g/mol. The first-order valence-corrected chi connectivity index (χ1v) is 12.3. The van der Waals surface area contributed by atoms with Crippen LogP contribution in [0.5, 0.6) is 0 Å². The maximum absolute atomic E-state index is 13.9. The molecule has 0 radical (unpaired) electrons. The number of nitrogens with zero attached hydrogens (tertiary/aromatic N) is 5. The number of carbonyl (C=O) groups excluding carboxylic acids is 2. The van der Waals surface area contributed by atoms with Gasteiger partial charge in [-0.1, -0.05) is 41.4 Å². The van der Waals surface area contributed by atoms with Gasteiger partial charge in [0.25, 0.3) is 17.4 Å². The third-order valence-electron chi connectivity index (χ3n) is 7.07. The molecule has 4 heterocycles. The largest absolute Gasteiger partial charge is 0.268 e. The summed E-state index contributed by atoms with van der Waals surface area (Å²) in [6, 6.07) is 18.9. The van der Waals surface area contributed by atoms with Gasteiger partial charge in [0.05, 0.1) is 27.8 Å². The second kappa shape index (κ2) is 7.22. The van der Waals surface area contributed by atoms with Crippen LogP contribution in [-0.4, -0.2) is 31.2 Å². The van der Waals surface area contributed by atoms with Crippen LogP contribution in [0.4, 0.5) is 5.69 Å². The number of hydrogen-bond donors (Lipinski definition) is 0. The van der Waals surface area contributed by atoms with Gasteiger partial charge >= 0.3 is 0 Å². The molecule has 0 atom stereocenters. The van der Waals surface area contributed by atoms with E-state index >= 15 is 0 Å². The molecule has 8 nitrogen and oxygen atoms in total. The molecule has 0 aliphatic carbocycles. The van der Waals surface area contributed by atoms with Crippen molar-refractivity contribution in [3.05, 3.63) is 98.5 Å². The molecular formula is C28H11Cl2N5O3. The lowest BCUT2D eigenvalue weighted by Gasteiger charge is -2.27. The quantitative estimate of drug-likeness (QED) is 0.252. The molecule has 0 bridgehead atoms. The highest BCUT2D eigenvalue weighted by Crippen LogP contribution is 2.38. The summed E-state index contributed by atoms with van der Waals surface area (Å²) in [6.07, 6.45) is 0. The highest BCUT2D eigenvalue weighted by Gasteiger charge is 2.35. The molecule has 10 heteroatoms. The van der Waals surface area contributed by atoms with E-state index in [0.29, 0.717) is 66.1 Å². The van der Waals surface area contributed by atoms with E-state index in [2.05, 4.69) is 9.97 Å². The summed E-state index contributed by atoms with van der Waals surface area (Å²) >= 11 is 12.1. The minimum absolute atomic E-state index is 0.0618. The molecule has 1 aliphatic heterocycles. The lowest BCUT2D eigenvalue weighted by molar-refractivity contribution is 0.0893. The van der Waals surface area contributed by atoms with Crippen molar-refractivity contribution in [3.63, 3.8) is 0 Å². The fourth-order valence-corrected chi connectivity index (χ4v) is 5.72. The molecule has 0 saturated heterocycles. The Morgan fingerprint density at radius 1 is 0.632 bits per heavy atom. The van der Waals surface area contributed by atoms with Gasteiger partial charge in [-0.2, -0.15) is 0 Å². The summed E-state index contributed by atoms with van der Waals surface area (Å²) in [5.74, 6) is -0.887. The third-order valence-corrected chi connectivity index (χ3v) is 7.70. The van der Waals surface area contributed by atoms with E-state index < -0.39 is 11.8 Å². The van der Waals surface area contributed by atoms with Crippen LogP contribution in [0.1, 0.15) is 20.7 Å². The third kappa shape index (κ3) is 2.60. The number of halogens is 2. The lowest BCUT2D eigenvalue weighted by atomic mass is 9.90. The van der Waals surface area contributed by atoms with Crippen LogP contribution >= 0.6 is 23.2 Å². The summed E-state index contributed by atoms with van der Waals surface area (Å²) in [4.78, 5) is 55.5. The summed E-state index contributed by atoms with van der Waals surface area (Å²) in [5, 5.41) is 2.15. The molecule has 7 aromatic rings. The van der Waals surface area contributed by atoms with Gasteiger partial charge in [-0.05, 0) is 48.5 Å². The smallest absolute Gasteiger partial charge is 0.265 e. The maximum Gasteiger partial charge on any atom is 0.265 e. The van der Waals surface area contributed by atoms with Crippen LogP contribution in [0.2, 0.25) is 10.3 Å². The minimum atomic E-state index is -0.443. The molecule has 0 spiro atoms. The molecule has 4 aromatic carbocycles. The van der Waals surface area contributed by atoms with Gasteiger partial charge in [-0.15, -0.1) is 0 Å². The van der Waals surface area contributed by atoms with Gasteiger partial charge in [-0.25, -0.2) is 19.9 Å². The SMILES string of the molecule is O=C1c2ccc3c(=O)n4c5cc6nc(Cl)c(Cl)nc6cc5nc4c4ccc(c2c34)C(=O)N1c1ccccc1. The molecule has 1 aliphatic rings. The Hall–Kier alpha value is -4.66. The Morgan fingerprint density at radius 3 is 1.95 bits per heavy atom. The number of aromatic nitrogens is 4. The number of carbonyl (C=O) groups is 2. The van der Waals surface area contributed by atoms with Crippen molar-refractivity contribution in [2.45, 2.75) is 0 Å². The molecule has 0 fully saturated rings. The van der Waals surface area contributed by atoms with Crippen molar-refractivity contribution >= 4 is 90.0 Å². The average Bonchev–Trinajstić information content (AvgIpc) is 3.29. The van der Waals surface area contributed by atoms with Crippen molar-refractivity contribution in [1.82, 2.24) is 19.4 Å². The van der Waals surface area contributed by atoms with Crippen molar-refractivity contribution in [2.24, 2.45) is 0 Å². The molecule has 8 rings (SSSR count). The van der Waals surface area contributed by atoms with Gasteiger partial charge in [0.1, 0.15) is 5.65 Å². The predicted molar refractivity (Wildman–Crippen MR) is 146 cm³/mol. The number of fused-ring (bicyclic) bond motifs is 5. The van der Waals surface area contributed by atoms with Crippen LogP contribution in [0.3, 0.4) is 0 Å². The topological polar surface area (TPSA) is 97.5 Å².